The lowest BCUT2D eigenvalue weighted by molar-refractivity contribution is -0.132. The molecule has 1 aromatic rings. The predicted octanol–water partition coefficient (Wildman–Crippen LogP) is 2.41. The fourth-order valence-electron chi connectivity index (χ4n) is 0.908. The van der Waals surface area contributed by atoms with Crippen molar-refractivity contribution in [2.24, 2.45) is 0 Å². The van der Waals surface area contributed by atoms with Gasteiger partial charge in [-0.2, -0.15) is 0 Å². The van der Waals surface area contributed by atoms with Crippen molar-refractivity contribution < 1.29 is 14.6 Å². The molecule has 0 radical (unpaired) electrons. The van der Waals surface area contributed by atoms with Crippen LogP contribution in [0.2, 0.25) is 0 Å². The van der Waals surface area contributed by atoms with Crippen molar-refractivity contribution in [2.45, 2.75) is 13.0 Å². The molecule has 1 aliphatic rings. The molecular weight excluding hydrogens is 192 g/mol. The predicted molar refractivity (Wildman–Crippen MR) is 57.6 cm³/mol. The Kier molecular flexibility index (Phi) is 4.06. The van der Waals surface area contributed by atoms with Crippen LogP contribution in [0.25, 0.3) is 0 Å². The number of ether oxygens (including phenoxy) is 1. The number of benzene rings is 1. The second-order valence-corrected chi connectivity index (χ2v) is 3.32. The van der Waals surface area contributed by atoms with E-state index in [1.54, 1.807) is 0 Å². The molecule has 2 rings (SSSR count). The minimum absolute atomic E-state index is 0.176. The van der Waals surface area contributed by atoms with Crippen molar-refractivity contribution in [1.29, 1.82) is 0 Å². The van der Waals surface area contributed by atoms with Gasteiger partial charge in [0.25, 0.3) is 0 Å². The highest BCUT2D eigenvalue weighted by molar-refractivity contribution is 5.84. The summed E-state index contributed by atoms with van der Waals surface area (Å²) >= 11 is 0. The van der Waals surface area contributed by atoms with Crippen LogP contribution in [0.4, 0.5) is 0 Å². The summed E-state index contributed by atoms with van der Waals surface area (Å²) in [5.41, 5.74) is 1.48. The molecule has 0 spiro atoms. The Hall–Kier alpha value is -1.61. The van der Waals surface area contributed by atoms with E-state index in [0.717, 1.165) is 6.61 Å². The van der Waals surface area contributed by atoms with E-state index in [4.69, 9.17) is 9.84 Å². The third-order valence-corrected chi connectivity index (χ3v) is 1.87. The molecule has 3 nitrogen and oxygen atoms in total. The number of carboxylic acid groups (broad SMARTS) is 1. The highest BCUT2D eigenvalue weighted by atomic mass is 16.6. The Bertz CT molecular complexity index is 327. The smallest absolute Gasteiger partial charge is 0.330 e. The van der Waals surface area contributed by atoms with Crippen molar-refractivity contribution in [3.63, 3.8) is 0 Å². The van der Waals surface area contributed by atoms with E-state index in [1.165, 1.54) is 12.5 Å². The Balaban J connectivity index is 0.000000167. The van der Waals surface area contributed by atoms with Gasteiger partial charge in [-0.1, -0.05) is 36.9 Å². The number of epoxide rings is 1. The minimum Gasteiger partial charge on any atom is -0.478 e. The first-order valence-electron chi connectivity index (χ1n) is 4.66. The molecule has 1 fully saturated rings. The van der Waals surface area contributed by atoms with Crippen LogP contribution >= 0.6 is 0 Å². The maximum absolute atomic E-state index is 9.60. The van der Waals surface area contributed by atoms with E-state index in [0.29, 0.717) is 6.10 Å². The van der Waals surface area contributed by atoms with Crippen LogP contribution in [0.5, 0.6) is 0 Å². The van der Waals surface area contributed by atoms with Gasteiger partial charge in [0.15, 0.2) is 0 Å². The first kappa shape index (κ1) is 11.5. The molecule has 0 aliphatic carbocycles. The van der Waals surface area contributed by atoms with Gasteiger partial charge < -0.3 is 9.84 Å². The van der Waals surface area contributed by atoms with Gasteiger partial charge in [-0.05, 0) is 12.5 Å². The zero-order valence-electron chi connectivity index (χ0n) is 8.64. The van der Waals surface area contributed by atoms with Gasteiger partial charge in [0.05, 0.1) is 6.61 Å². The van der Waals surface area contributed by atoms with E-state index in [-0.39, 0.29) is 5.57 Å². The number of carbonyl (C=O) groups is 1. The third-order valence-electron chi connectivity index (χ3n) is 1.87. The highest BCUT2D eigenvalue weighted by Crippen LogP contribution is 2.28. The normalized spacial score (nSPS) is 17.3. The Morgan fingerprint density at radius 2 is 1.93 bits per heavy atom. The lowest BCUT2D eigenvalue weighted by atomic mass is 10.2. The van der Waals surface area contributed by atoms with Crippen LogP contribution < -0.4 is 0 Å². The van der Waals surface area contributed by atoms with Gasteiger partial charge in [0.2, 0.25) is 0 Å². The van der Waals surface area contributed by atoms with Gasteiger partial charge in [-0.25, -0.2) is 4.79 Å². The highest BCUT2D eigenvalue weighted by Gasteiger charge is 2.23. The quantitative estimate of drug-likeness (QED) is 0.597. The standard InChI is InChI=1S/C8H8O.C4H6O2/c1-2-4-7(5-3-1)8-6-9-8;1-3(2)4(5)6/h1-5,8H,6H2;1H2,2H3,(H,5,6). The second-order valence-electron chi connectivity index (χ2n) is 3.32. The monoisotopic (exact) mass is 206 g/mol. The molecule has 1 atom stereocenters. The van der Waals surface area contributed by atoms with Crippen molar-refractivity contribution in [3.05, 3.63) is 48.0 Å². The molecular formula is C12H14O3. The maximum Gasteiger partial charge on any atom is 0.330 e. The van der Waals surface area contributed by atoms with E-state index in [9.17, 15) is 4.79 Å². The third kappa shape index (κ3) is 4.42. The summed E-state index contributed by atoms with van der Waals surface area (Å²) in [6.07, 6.45) is 0.409. The average Bonchev–Trinajstić information content (AvgIpc) is 3.03. The van der Waals surface area contributed by atoms with Gasteiger partial charge in [0.1, 0.15) is 6.10 Å². The molecule has 1 aromatic carbocycles. The Morgan fingerprint density at radius 3 is 2.27 bits per heavy atom. The maximum atomic E-state index is 9.60. The number of hydrogen-bond donors (Lipinski definition) is 1. The SMILES string of the molecule is C=C(C)C(=O)O.c1ccc(C2CO2)cc1. The minimum atomic E-state index is -0.935. The number of aliphatic carboxylic acids is 1. The van der Waals surface area contributed by atoms with Gasteiger partial charge in [-0.3, -0.25) is 0 Å². The lowest BCUT2D eigenvalue weighted by Gasteiger charge is -1.89. The van der Waals surface area contributed by atoms with Gasteiger partial charge in [-0.15, -0.1) is 0 Å². The van der Waals surface area contributed by atoms with Crippen molar-refractivity contribution in [1.82, 2.24) is 0 Å². The largest absolute Gasteiger partial charge is 0.478 e. The summed E-state index contributed by atoms with van der Waals surface area (Å²) in [7, 11) is 0. The molecule has 3 heteroatoms. The van der Waals surface area contributed by atoms with E-state index >= 15 is 0 Å². The van der Waals surface area contributed by atoms with Crippen LogP contribution in [0.3, 0.4) is 0 Å². The number of hydrogen-bond acceptors (Lipinski definition) is 2. The molecule has 0 bridgehead atoms. The van der Waals surface area contributed by atoms with Gasteiger partial charge >= 0.3 is 5.97 Å². The Labute approximate surface area is 89.0 Å². The van der Waals surface area contributed by atoms with E-state index < -0.39 is 5.97 Å². The molecule has 1 unspecified atom stereocenters. The molecule has 1 N–H and O–H groups in total. The molecule has 0 saturated carbocycles. The molecule has 80 valence electrons. The van der Waals surface area contributed by atoms with E-state index in [1.807, 2.05) is 18.2 Å². The molecule has 1 heterocycles. The van der Waals surface area contributed by atoms with Gasteiger partial charge in [0, 0.05) is 5.57 Å². The van der Waals surface area contributed by atoms with Crippen molar-refractivity contribution >= 4 is 5.97 Å². The van der Waals surface area contributed by atoms with Crippen LogP contribution in [-0.4, -0.2) is 17.7 Å². The first-order chi connectivity index (χ1) is 7.11. The number of carboxylic acids is 1. The van der Waals surface area contributed by atoms with E-state index in [2.05, 4.69) is 18.7 Å². The van der Waals surface area contributed by atoms with Crippen LogP contribution in [0.15, 0.2) is 42.5 Å². The molecule has 0 aromatic heterocycles. The zero-order valence-corrected chi connectivity index (χ0v) is 8.64. The summed E-state index contributed by atoms with van der Waals surface area (Å²) < 4.78 is 5.09. The first-order valence-corrected chi connectivity index (χ1v) is 4.66. The summed E-state index contributed by atoms with van der Waals surface area (Å²) in [6, 6.07) is 10.3. The summed E-state index contributed by atoms with van der Waals surface area (Å²) in [6.45, 7) is 5.51. The van der Waals surface area contributed by atoms with Crippen molar-refractivity contribution in [3.8, 4) is 0 Å². The average molecular weight is 206 g/mol. The van der Waals surface area contributed by atoms with Crippen LogP contribution in [0, 0.1) is 0 Å². The molecule has 15 heavy (non-hydrogen) atoms. The fourth-order valence-corrected chi connectivity index (χ4v) is 0.908. The molecule has 0 amide bonds. The lowest BCUT2D eigenvalue weighted by Crippen LogP contribution is -1.92. The fraction of sp³-hybridized carbons (Fsp3) is 0.250. The summed E-state index contributed by atoms with van der Waals surface area (Å²) in [5.74, 6) is -0.935. The second kappa shape index (κ2) is 5.32. The van der Waals surface area contributed by atoms with Crippen LogP contribution in [0.1, 0.15) is 18.6 Å². The molecule has 1 aliphatic heterocycles. The van der Waals surface area contributed by atoms with Crippen molar-refractivity contribution in [2.75, 3.05) is 6.61 Å². The zero-order chi connectivity index (χ0) is 11.3. The summed E-state index contributed by atoms with van der Waals surface area (Å²) in [5, 5.41) is 7.89. The van der Waals surface area contributed by atoms with Crippen LogP contribution in [-0.2, 0) is 9.53 Å². The Morgan fingerprint density at radius 1 is 1.47 bits per heavy atom. The topological polar surface area (TPSA) is 49.8 Å². The number of rotatable bonds is 2. The summed E-state index contributed by atoms with van der Waals surface area (Å²) in [4.78, 5) is 9.60. The molecule has 1 saturated heterocycles.